The third kappa shape index (κ3) is 3.37. The zero-order chi connectivity index (χ0) is 22.7. The lowest BCUT2D eigenvalue weighted by Crippen LogP contribution is -2.63. The highest BCUT2D eigenvalue weighted by Gasteiger charge is 2.60. The lowest BCUT2D eigenvalue weighted by Gasteiger charge is -2.46. The van der Waals surface area contributed by atoms with Crippen molar-refractivity contribution in [2.24, 2.45) is 11.8 Å². The van der Waals surface area contributed by atoms with Crippen molar-refractivity contribution in [2.75, 3.05) is 17.1 Å². The van der Waals surface area contributed by atoms with Gasteiger partial charge in [0.1, 0.15) is 5.70 Å². The molecule has 2 aromatic carbocycles. The van der Waals surface area contributed by atoms with E-state index in [0.29, 0.717) is 11.3 Å². The number of carbonyl (C=O) groups excluding carboxylic acids is 1. The Hall–Kier alpha value is -2.91. The quantitative estimate of drug-likeness (QED) is 0.657. The molecule has 2 N–H and O–H groups in total. The lowest BCUT2D eigenvalue weighted by atomic mass is 9.78. The summed E-state index contributed by atoms with van der Waals surface area (Å²) in [5.74, 6) is -2.84. The summed E-state index contributed by atoms with van der Waals surface area (Å²) in [4.78, 5) is 25.8. The van der Waals surface area contributed by atoms with E-state index in [2.05, 4.69) is 0 Å². The molecule has 0 saturated carbocycles. The van der Waals surface area contributed by atoms with Gasteiger partial charge >= 0.3 is 5.97 Å². The number of carboxylic acids is 1. The average molecular weight is 445 g/mol. The fraction of sp³-hybridized carbons (Fsp3) is 0.364. The van der Waals surface area contributed by atoms with Gasteiger partial charge in [-0.05, 0) is 35.4 Å². The Bertz CT molecular complexity index is 1220. The van der Waals surface area contributed by atoms with Gasteiger partial charge in [0, 0.05) is 5.92 Å². The second kappa shape index (κ2) is 7.35. The molecule has 2 aromatic rings. The first kappa shape index (κ1) is 21.3. The molecule has 0 unspecified atom stereocenters. The number of amides is 1. The van der Waals surface area contributed by atoms with Gasteiger partial charge in [-0.1, -0.05) is 37.3 Å². The average Bonchev–Trinajstić information content (AvgIpc) is 2.93. The molecule has 1 saturated heterocycles. The van der Waals surface area contributed by atoms with Gasteiger partial charge in [0.05, 0.1) is 36.6 Å². The number of hydrogen-bond donors (Lipinski definition) is 2. The van der Waals surface area contributed by atoms with E-state index in [9.17, 15) is 28.2 Å². The number of carboxylic acid groups (broad SMARTS) is 1. The highest BCUT2D eigenvalue weighted by Crippen LogP contribution is 2.47. The number of rotatable bonds is 6. The number of β-lactam (4-membered cyclic amide) rings is 1. The van der Waals surface area contributed by atoms with Gasteiger partial charge in [0.25, 0.3) is 0 Å². The number of fused-ring (bicyclic) bond motifs is 2. The van der Waals surface area contributed by atoms with Crippen molar-refractivity contribution >= 4 is 38.4 Å². The van der Waals surface area contributed by atoms with Crippen LogP contribution in [0.4, 0.5) is 5.69 Å². The Morgan fingerprint density at radius 2 is 1.84 bits per heavy atom. The first-order valence-corrected chi connectivity index (χ1v) is 11.8. The van der Waals surface area contributed by atoms with Gasteiger partial charge in [-0.2, -0.15) is 0 Å². The molecular weight excluding hydrogens is 420 g/mol. The molecule has 0 spiro atoms. The predicted octanol–water partition coefficient (Wildman–Crippen LogP) is 1.80. The molecule has 1 amide bonds. The van der Waals surface area contributed by atoms with Crippen LogP contribution in [0.25, 0.3) is 10.8 Å². The number of nitrogens with zero attached hydrogens (tertiary/aromatic N) is 2. The number of aliphatic hydroxyl groups is 1. The smallest absolute Gasteiger partial charge is 0.352 e. The van der Waals surface area contributed by atoms with Gasteiger partial charge < -0.3 is 15.1 Å². The molecule has 0 aliphatic carbocycles. The Morgan fingerprint density at radius 3 is 2.42 bits per heavy atom. The maximum absolute atomic E-state index is 12.7. The van der Waals surface area contributed by atoms with Crippen LogP contribution in [-0.2, 0) is 19.6 Å². The highest BCUT2D eigenvalue weighted by molar-refractivity contribution is 7.92. The molecule has 0 aromatic heterocycles. The molecule has 0 radical (unpaired) electrons. The van der Waals surface area contributed by atoms with Crippen LogP contribution in [0.1, 0.15) is 13.8 Å². The topological polar surface area (TPSA) is 115 Å². The zero-order valence-electron chi connectivity index (χ0n) is 17.4. The predicted molar refractivity (Wildman–Crippen MR) is 116 cm³/mol. The number of sulfonamides is 1. The number of aliphatic carboxylic acids is 1. The molecule has 164 valence electrons. The van der Waals surface area contributed by atoms with Crippen molar-refractivity contribution < 1.29 is 28.2 Å². The van der Waals surface area contributed by atoms with E-state index in [0.717, 1.165) is 17.0 Å². The number of aliphatic hydroxyl groups excluding tert-OH is 1. The monoisotopic (exact) mass is 444 g/mol. The van der Waals surface area contributed by atoms with E-state index in [1.54, 1.807) is 19.1 Å². The molecule has 31 heavy (non-hydrogen) atoms. The molecule has 9 heteroatoms. The summed E-state index contributed by atoms with van der Waals surface area (Å²) in [5, 5.41) is 21.6. The van der Waals surface area contributed by atoms with Crippen LogP contribution in [0.15, 0.2) is 53.7 Å². The third-order valence-corrected chi connectivity index (χ3v) is 7.39. The SMILES string of the molecule is C[C@@H](O)[C@H]1C(=O)N2C(C(=O)O)=C(CN(c3ccc4ccccc4c3)S(C)(=O)=O)[C@H](C)[C@H]12. The molecule has 8 nitrogen and oxygen atoms in total. The largest absolute Gasteiger partial charge is 0.477 e. The summed E-state index contributed by atoms with van der Waals surface area (Å²) in [6, 6.07) is 12.3. The van der Waals surface area contributed by atoms with Crippen LogP contribution in [-0.4, -0.2) is 60.4 Å². The Balaban J connectivity index is 1.78. The van der Waals surface area contributed by atoms with E-state index in [4.69, 9.17) is 0 Å². The van der Waals surface area contributed by atoms with Crippen molar-refractivity contribution in [3.8, 4) is 0 Å². The minimum absolute atomic E-state index is 0.186. The van der Waals surface area contributed by atoms with Crippen molar-refractivity contribution in [1.82, 2.24) is 4.90 Å². The first-order chi connectivity index (χ1) is 14.5. The van der Waals surface area contributed by atoms with Crippen LogP contribution >= 0.6 is 0 Å². The molecule has 2 heterocycles. The van der Waals surface area contributed by atoms with Crippen molar-refractivity contribution in [1.29, 1.82) is 0 Å². The zero-order valence-corrected chi connectivity index (χ0v) is 18.2. The molecule has 4 rings (SSSR count). The maximum atomic E-state index is 12.7. The van der Waals surface area contributed by atoms with Gasteiger partial charge in [-0.3, -0.25) is 9.10 Å². The minimum Gasteiger partial charge on any atom is -0.477 e. The van der Waals surface area contributed by atoms with E-state index >= 15 is 0 Å². The summed E-state index contributed by atoms with van der Waals surface area (Å²) in [6.45, 7) is 3.08. The molecule has 4 atom stereocenters. The second-order valence-electron chi connectivity index (χ2n) is 8.23. The van der Waals surface area contributed by atoms with Crippen LogP contribution in [0.5, 0.6) is 0 Å². The van der Waals surface area contributed by atoms with Crippen LogP contribution in [0.3, 0.4) is 0 Å². The van der Waals surface area contributed by atoms with Crippen LogP contribution < -0.4 is 4.31 Å². The fourth-order valence-corrected chi connectivity index (χ4v) is 5.61. The van der Waals surface area contributed by atoms with Gasteiger partial charge in [-0.15, -0.1) is 0 Å². The van der Waals surface area contributed by atoms with Gasteiger partial charge in [0.2, 0.25) is 15.9 Å². The van der Waals surface area contributed by atoms with Crippen molar-refractivity contribution in [3.05, 3.63) is 53.7 Å². The summed E-state index contributed by atoms with van der Waals surface area (Å²) in [7, 11) is -3.75. The lowest BCUT2D eigenvalue weighted by molar-refractivity contribution is -0.163. The molecule has 2 aliphatic rings. The summed E-state index contributed by atoms with van der Waals surface area (Å²) in [5.41, 5.74) is 0.583. The fourth-order valence-electron chi connectivity index (χ4n) is 4.74. The number of carbonyl (C=O) groups is 2. The number of benzene rings is 2. The maximum Gasteiger partial charge on any atom is 0.352 e. The Labute approximate surface area is 180 Å². The summed E-state index contributed by atoms with van der Waals surface area (Å²) < 4.78 is 26.5. The van der Waals surface area contributed by atoms with E-state index in [-0.39, 0.29) is 12.2 Å². The highest BCUT2D eigenvalue weighted by atomic mass is 32.2. The standard InChI is InChI=1S/C22H24N2O6S/c1-12-17(20(22(27)28)24-19(12)18(13(2)25)21(24)26)11-23(31(3,29)30)16-9-8-14-6-4-5-7-15(14)10-16/h4-10,12-13,18-19,25H,11H2,1-3H3,(H,27,28)/t12-,13+,18+,19+/m0/s1. The number of anilines is 1. The van der Waals surface area contributed by atoms with Crippen LogP contribution in [0, 0.1) is 11.8 Å². The normalized spacial score (nSPS) is 24.2. The Kier molecular flexibility index (Phi) is 5.06. The molecule has 0 bridgehead atoms. The summed E-state index contributed by atoms with van der Waals surface area (Å²) >= 11 is 0. The molecular formula is C22H24N2O6S. The minimum atomic E-state index is -3.75. The van der Waals surface area contributed by atoms with Gasteiger partial charge in [-0.25, -0.2) is 13.2 Å². The first-order valence-electron chi connectivity index (χ1n) is 9.96. The van der Waals surface area contributed by atoms with Gasteiger partial charge in [0.15, 0.2) is 0 Å². The third-order valence-electron chi connectivity index (χ3n) is 6.25. The number of hydrogen-bond acceptors (Lipinski definition) is 5. The van der Waals surface area contributed by atoms with E-state index in [1.807, 2.05) is 30.3 Å². The Morgan fingerprint density at radius 1 is 1.19 bits per heavy atom. The van der Waals surface area contributed by atoms with E-state index < -0.39 is 45.9 Å². The summed E-state index contributed by atoms with van der Waals surface area (Å²) in [6.07, 6.45) is 0.152. The second-order valence-corrected chi connectivity index (χ2v) is 10.1. The molecule has 2 aliphatic heterocycles. The molecule has 1 fully saturated rings. The van der Waals surface area contributed by atoms with Crippen LogP contribution in [0.2, 0.25) is 0 Å². The van der Waals surface area contributed by atoms with Crippen molar-refractivity contribution in [2.45, 2.75) is 26.0 Å². The van der Waals surface area contributed by atoms with E-state index in [1.165, 1.54) is 16.1 Å². The van der Waals surface area contributed by atoms with Crippen molar-refractivity contribution in [3.63, 3.8) is 0 Å².